The van der Waals surface area contributed by atoms with Gasteiger partial charge in [-0.1, -0.05) is 12.1 Å². The van der Waals surface area contributed by atoms with Gasteiger partial charge in [0, 0.05) is 44.9 Å². The zero-order valence-electron chi connectivity index (χ0n) is 15.2. The molecule has 1 aromatic heterocycles. The van der Waals surface area contributed by atoms with Gasteiger partial charge in [0.15, 0.2) is 5.82 Å². The Morgan fingerprint density at radius 3 is 2.92 bits per heavy atom. The van der Waals surface area contributed by atoms with Gasteiger partial charge in [-0.25, -0.2) is 0 Å². The van der Waals surface area contributed by atoms with E-state index in [1.165, 1.54) is 0 Å². The third kappa shape index (κ3) is 5.03. The molecule has 1 aromatic rings. The highest BCUT2D eigenvalue weighted by Crippen LogP contribution is 2.16. The lowest BCUT2D eigenvalue weighted by molar-refractivity contribution is -0.122. The minimum absolute atomic E-state index is 0.0408. The van der Waals surface area contributed by atoms with Gasteiger partial charge in [-0.05, 0) is 27.2 Å². The molecule has 1 aliphatic rings. The molecule has 0 aromatic carbocycles. The standard InChI is InChI=1S/C17H30N4O3/c1-5-15-12-21(8-7-20(15)9-10-23-6-2)14(4)17(22)18-16-11-13(3)24-19-16/h11,14-15H,5-10,12H2,1-4H3,(H,18,19,22)/t14-,15+/m0/s1. The summed E-state index contributed by atoms with van der Waals surface area (Å²) >= 11 is 0. The average molecular weight is 338 g/mol. The third-order valence-corrected chi connectivity index (χ3v) is 4.64. The summed E-state index contributed by atoms with van der Waals surface area (Å²) in [5, 5.41) is 6.65. The first-order valence-electron chi connectivity index (χ1n) is 8.85. The van der Waals surface area contributed by atoms with Gasteiger partial charge in [0.1, 0.15) is 5.76 Å². The van der Waals surface area contributed by atoms with E-state index in [9.17, 15) is 4.79 Å². The van der Waals surface area contributed by atoms with Crippen LogP contribution in [0.15, 0.2) is 10.6 Å². The maximum Gasteiger partial charge on any atom is 0.242 e. The van der Waals surface area contributed by atoms with E-state index in [4.69, 9.17) is 9.26 Å². The van der Waals surface area contributed by atoms with Crippen LogP contribution < -0.4 is 5.32 Å². The molecule has 2 heterocycles. The number of nitrogens with zero attached hydrogens (tertiary/aromatic N) is 3. The minimum Gasteiger partial charge on any atom is -0.380 e. The van der Waals surface area contributed by atoms with Crippen LogP contribution in [-0.4, -0.2) is 72.3 Å². The average Bonchev–Trinajstić information content (AvgIpc) is 2.99. The molecule has 0 saturated carbocycles. The first-order valence-corrected chi connectivity index (χ1v) is 8.85. The van der Waals surface area contributed by atoms with Gasteiger partial charge < -0.3 is 14.6 Å². The maximum absolute atomic E-state index is 12.4. The molecule has 0 spiro atoms. The number of carbonyl (C=O) groups is 1. The number of piperazine rings is 1. The van der Waals surface area contributed by atoms with Crippen molar-refractivity contribution >= 4 is 11.7 Å². The van der Waals surface area contributed by atoms with Crippen molar-refractivity contribution in [1.29, 1.82) is 0 Å². The molecular formula is C17H30N4O3. The summed E-state index contributed by atoms with van der Waals surface area (Å²) in [5.41, 5.74) is 0. The Hall–Kier alpha value is -1.44. The molecule has 2 rings (SSSR count). The number of amides is 1. The van der Waals surface area contributed by atoms with E-state index in [-0.39, 0.29) is 11.9 Å². The lowest BCUT2D eigenvalue weighted by Crippen LogP contribution is -2.57. The Morgan fingerprint density at radius 1 is 1.50 bits per heavy atom. The Labute approximate surface area is 144 Å². The fourth-order valence-corrected chi connectivity index (χ4v) is 3.10. The molecule has 7 nitrogen and oxygen atoms in total. The number of carbonyl (C=O) groups excluding carboxylic acids is 1. The topological polar surface area (TPSA) is 70.8 Å². The Bertz CT molecular complexity index is 520. The number of ether oxygens (including phenoxy) is 1. The van der Waals surface area contributed by atoms with Crippen LogP contribution in [0.4, 0.5) is 5.82 Å². The Morgan fingerprint density at radius 2 is 2.29 bits per heavy atom. The van der Waals surface area contributed by atoms with Gasteiger partial charge in [0.25, 0.3) is 0 Å². The normalized spacial score (nSPS) is 20.9. The fourth-order valence-electron chi connectivity index (χ4n) is 3.10. The monoisotopic (exact) mass is 338 g/mol. The molecule has 1 N–H and O–H groups in total. The van der Waals surface area contributed by atoms with Crippen LogP contribution in [0.1, 0.15) is 33.0 Å². The van der Waals surface area contributed by atoms with Gasteiger partial charge in [0.05, 0.1) is 12.6 Å². The van der Waals surface area contributed by atoms with Crippen molar-refractivity contribution < 1.29 is 14.1 Å². The van der Waals surface area contributed by atoms with Crippen LogP contribution in [-0.2, 0) is 9.53 Å². The Balaban J connectivity index is 1.86. The van der Waals surface area contributed by atoms with Crippen molar-refractivity contribution in [3.05, 3.63) is 11.8 Å². The van der Waals surface area contributed by atoms with Gasteiger partial charge in [-0.2, -0.15) is 0 Å². The quantitative estimate of drug-likeness (QED) is 0.728. The fraction of sp³-hybridized carbons (Fsp3) is 0.765. The van der Waals surface area contributed by atoms with E-state index in [0.717, 1.165) is 45.8 Å². The van der Waals surface area contributed by atoms with Crippen LogP contribution in [0.5, 0.6) is 0 Å². The predicted octanol–water partition coefficient (Wildman–Crippen LogP) is 1.74. The number of hydrogen-bond acceptors (Lipinski definition) is 6. The molecule has 0 radical (unpaired) electrons. The predicted molar refractivity (Wildman–Crippen MR) is 93.0 cm³/mol. The summed E-state index contributed by atoms with van der Waals surface area (Å²) < 4.78 is 10.5. The SMILES string of the molecule is CCOCCN1CCN([C@@H](C)C(=O)Nc2cc(C)on2)C[C@H]1CC. The van der Waals surface area contributed by atoms with E-state index in [1.54, 1.807) is 13.0 Å². The highest BCUT2D eigenvalue weighted by Gasteiger charge is 2.30. The van der Waals surface area contributed by atoms with E-state index in [2.05, 4.69) is 27.2 Å². The summed E-state index contributed by atoms with van der Waals surface area (Å²) in [5.74, 6) is 1.12. The smallest absolute Gasteiger partial charge is 0.242 e. The second-order valence-electron chi connectivity index (χ2n) is 6.28. The number of rotatable bonds is 8. The van der Waals surface area contributed by atoms with Crippen LogP contribution in [0.2, 0.25) is 0 Å². The van der Waals surface area contributed by atoms with Gasteiger partial charge in [0.2, 0.25) is 5.91 Å². The third-order valence-electron chi connectivity index (χ3n) is 4.64. The number of nitrogens with one attached hydrogen (secondary N) is 1. The van der Waals surface area contributed by atoms with E-state index >= 15 is 0 Å². The molecule has 0 bridgehead atoms. The lowest BCUT2D eigenvalue weighted by atomic mass is 10.1. The van der Waals surface area contributed by atoms with Crippen molar-refractivity contribution in [2.24, 2.45) is 0 Å². The molecular weight excluding hydrogens is 308 g/mol. The summed E-state index contributed by atoms with van der Waals surface area (Å²) in [6.07, 6.45) is 1.07. The number of aromatic nitrogens is 1. The zero-order chi connectivity index (χ0) is 17.5. The number of anilines is 1. The molecule has 0 unspecified atom stereocenters. The molecule has 1 aliphatic heterocycles. The van der Waals surface area contributed by atoms with Crippen molar-refractivity contribution in [2.75, 3.05) is 44.7 Å². The largest absolute Gasteiger partial charge is 0.380 e. The van der Waals surface area contributed by atoms with Gasteiger partial charge in [-0.3, -0.25) is 14.6 Å². The van der Waals surface area contributed by atoms with Crippen molar-refractivity contribution in [1.82, 2.24) is 15.0 Å². The van der Waals surface area contributed by atoms with Crippen LogP contribution >= 0.6 is 0 Å². The maximum atomic E-state index is 12.4. The summed E-state index contributed by atoms with van der Waals surface area (Å²) in [7, 11) is 0. The van der Waals surface area contributed by atoms with Gasteiger partial charge >= 0.3 is 0 Å². The first-order chi connectivity index (χ1) is 11.5. The summed E-state index contributed by atoms with van der Waals surface area (Å²) in [6, 6.07) is 2.00. The molecule has 1 amide bonds. The van der Waals surface area contributed by atoms with Crippen LogP contribution in [0, 0.1) is 6.92 Å². The van der Waals surface area contributed by atoms with Crippen LogP contribution in [0.3, 0.4) is 0 Å². The van der Waals surface area contributed by atoms with E-state index in [0.29, 0.717) is 17.6 Å². The summed E-state index contributed by atoms with van der Waals surface area (Å²) in [4.78, 5) is 17.2. The Kier molecular flexibility index (Phi) is 7.20. The zero-order valence-corrected chi connectivity index (χ0v) is 15.2. The molecule has 1 saturated heterocycles. The highest BCUT2D eigenvalue weighted by atomic mass is 16.5. The minimum atomic E-state index is -0.190. The second kappa shape index (κ2) is 9.15. The molecule has 136 valence electrons. The molecule has 0 aliphatic carbocycles. The molecule has 2 atom stereocenters. The summed E-state index contributed by atoms with van der Waals surface area (Å²) in [6.45, 7) is 13.2. The molecule has 1 fully saturated rings. The number of hydrogen-bond donors (Lipinski definition) is 1. The van der Waals surface area contributed by atoms with Crippen molar-refractivity contribution in [3.8, 4) is 0 Å². The second-order valence-corrected chi connectivity index (χ2v) is 6.28. The first kappa shape index (κ1) is 18.9. The lowest BCUT2D eigenvalue weighted by Gasteiger charge is -2.43. The highest BCUT2D eigenvalue weighted by molar-refractivity contribution is 5.93. The molecule has 7 heteroatoms. The van der Waals surface area contributed by atoms with E-state index < -0.39 is 0 Å². The van der Waals surface area contributed by atoms with Gasteiger partial charge in [-0.15, -0.1) is 0 Å². The van der Waals surface area contributed by atoms with Crippen LogP contribution in [0.25, 0.3) is 0 Å². The van der Waals surface area contributed by atoms with E-state index in [1.807, 2.05) is 13.8 Å². The molecule has 24 heavy (non-hydrogen) atoms. The van der Waals surface area contributed by atoms with Crippen molar-refractivity contribution in [2.45, 2.75) is 46.2 Å². The number of aryl methyl sites for hydroxylation is 1. The van der Waals surface area contributed by atoms with Crippen molar-refractivity contribution in [3.63, 3.8) is 0 Å².